The summed E-state index contributed by atoms with van der Waals surface area (Å²) in [4.78, 5) is 12.9. The Balaban J connectivity index is 1.46. The first kappa shape index (κ1) is 28.8. The fraction of sp³-hybridized carbons (Fsp3) is 0.167. The van der Waals surface area contributed by atoms with Gasteiger partial charge in [0.15, 0.2) is 0 Å². The maximum absolute atomic E-state index is 12.8. The van der Waals surface area contributed by atoms with Gasteiger partial charge in [0, 0.05) is 11.3 Å². The summed E-state index contributed by atoms with van der Waals surface area (Å²) in [6.45, 7) is 5.86. The van der Waals surface area contributed by atoms with Crippen LogP contribution in [0.5, 0.6) is 0 Å². The van der Waals surface area contributed by atoms with Gasteiger partial charge < -0.3 is 5.32 Å². The molecule has 10 heteroatoms. The summed E-state index contributed by atoms with van der Waals surface area (Å²) >= 11 is 0. The van der Waals surface area contributed by atoms with E-state index < -0.39 is 26.0 Å². The van der Waals surface area contributed by atoms with Crippen LogP contribution in [-0.2, 0) is 26.6 Å². The Bertz CT molecular complexity index is 1750. The first-order valence-corrected chi connectivity index (χ1v) is 15.8. The zero-order chi connectivity index (χ0) is 29.1. The average molecular weight is 578 g/mol. The molecule has 0 unspecified atom stereocenters. The minimum Gasteiger partial charge on any atom is -0.322 e. The SMILES string of the molecule is Cc1ccc(NS(=O)(=O)c2ccc(NC(=O)c3ccc(N(Cc4ccccc4C)S(C)(=O)=O)cc3)cc2)c(C)c1. The third kappa shape index (κ3) is 6.88. The summed E-state index contributed by atoms with van der Waals surface area (Å²) in [6, 6.07) is 25.1. The standard InChI is InChI=1S/C30H31N3O5S2/c1-21-9-18-29(23(3)19-21)32-40(37,38)28-16-12-26(13-17-28)31-30(34)24-10-14-27(15-11-24)33(39(4,35)36)20-25-8-6-5-7-22(25)2/h5-19,32H,20H2,1-4H3,(H,31,34). The molecule has 0 heterocycles. The van der Waals surface area contributed by atoms with E-state index in [-0.39, 0.29) is 11.4 Å². The molecule has 0 aliphatic carbocycles. The van der Waals surface area contributed by atoms with Crippen LogP contribution in [0, 0.1) is 20.8 Å². The Hall–Kier alpha value is -4.15. The van der Waals surface area contributed by atoms with Crippen molar-refractivity contribution in [3.05, 3.63) is 119 Å². The molecule has 0 aromatic heterocycles. The molecule has 0 saturated heterocycles. The van der Waals surface area contributed by atoms with Gasteiger partial charge in [-0.1, -0.05) is 42.0 Å². The average Bonchev–Trinajstić information content (AvgIpc) is 2.89. The molecule has 0 radical (unpaired) electrons. The summed E-state index contributed by atoms with van der Waals surface area (Å²) in [7, 11) is -7.39. The predicted molar refractivity (Wildman–Crippen MR) is 160 cm³/mol. The fourth-order valence-electron chi connectivity index (χ4n) is 4.17. The number of carbonyl (C=O) groups is 1. The minimum absolute atomic E-state index is 0.0596. The number of aryl methyl sites for hydroxylation is 3. The topological polar surface area (TPSA) is 113 Å². The second-order valence-electron chi connectivity index (χ2n) is 9.65. The van der Waals surface area contributed by atoms with E-state index in [0.29, 0.717) is 22.6 Å². The van der Waals surface area contributed by atoms with Gasteiger partial charge in [-0.3, -0.25) is 13.8 Å². The van der Waals surface area contributed by atoms with Crippen LogP contribution in [-0.4, -0.2) is 29.0 Å². The van der Waals surface area contributed by atoms with E-state index in [1.807, 2.05) is 57.2 Å². The van der Waals surface area contributed by atoms with E-state index >= 15 is 0 Å². The largest absolute Gasteiger partial charge is 0.322 e. The number of hydrogen-bond acceptors (Lipinski definition) is 5. The van der Waals surface area contributed by atoms with Gasteiger partial charge in [-0.25, -0.2) is 16.8 Å². The number of amides is 1. The second-order valence-corrected chi connectivity index (χ2v) is 13.2. The molecule has 0 aliphatic heterocycles. The van der Waals surface area contributed by atoms with Gasteiger partial charge in [-0.15, -0.1) is 0 Å². The molecule has 2 N–H and O–H groups in total. The highest BCUT2D eigenvalue weighted by Crippen LogP contribution is 2.24. The number of nitrogens with one attached hydrogen (secondary N) is 2. The molecule has 4 aromatic carbocycles. The minimum atomic E-state index is -3.81. The summed E-state index contributed by atoms with van der Waals surface area (Å²) in [5.41, 5.74) is 5.38. The van der Waals surface area contributed by atoms with Crippen LogP contribution in [0.4, 0.5) is 17.1 Å². The van der Waals surface area contributed by atoms with Crippen molar-refractivity contribution in [2.75, 3.05) is 20.6 Å². The Labute approximate surface area is 235 Å². The lowest BCUT2D eigenvalue weighted by molar-refractivity contribution is 0.102. The molecule has 0 saturated carbocycles. The molecule has 0 aliphatic rings. The van der Waals surface area contributed by atoms with Crippen LogP contribution in [0.3, 0.4) is 0 Å². The van der Waals surface area contributed by atoms with Gasteiger partial charge in [0.05, 0.1) is 29.1 Å². The van der Waals surface area contributed by atoms with E-state index in [9.17, 15) is 21.6 Å². The van der Waals surface area contributed by atoms with E-state index in [0.717, 1.165) is 28.5 Å². The van der Waals surface area contributed by atoms with Gasteiger partial charge >= 0.3 is 0 Å². The molecule has 4 rings (SSSR count). The number of nitrogens with zero attached hydrogens (tertiary/aromatic N) is 1. The molecule has 40 heavy (non-hydrogen) atoms. The maximum Gasteiger partial charge on any atom is 0.261 e. The molecule has 1 amide bonds. The summed E-state index contributed by atoms with van der Waals surface area (Å²) in [6.07, 6.45) is 1.15. The van der Waals surface area contributed by atoms with Crippen LogP contribution in [0.1, 0.15) is 32.6 Å². The zero-order valence-corrected chi connectivity index (χ0v) is 24.3. The molecule has 0 atom stereocenters. The molecule has 0 bridgehead atoms. The summed E-state index contributed by atoms with van der Waals surface area (Å²) in [5, 5.41) is 2.74. The predicted octanol–water partition coefficient (Wildman–Crippen LogP) is 5.63. The van der Waals surface area contributed by atoms with E-state index in [2.05, 4.69) is 10.0 Å². The fourth-order valence-corrected chi connectivity index (χ4v) is 6.18. The smallest absolute Gasteiger partial charge is 0.261 e. The lowest BCUT2D eigenvalue weighted by Crippen LogP contribution is -2.29. The highest BCUT2D eigenvalue weighted by Gasteiger charge is 2.20. The van der Waals surface area contributed by atoms with Gasteiger partial charge in [0.1, 0.15) is 0 Å². The van der Waals surface area contributed by atoms with Gasteiger partial charge in [-0.2, -0.15) is 0 Å². The van der Waals surface area contributed by atoms with Crippen molar-refractivity contribution < 1.29 is 21.6 Å². The molecular weight excluding hydrogens is 546 g/mol. The van der Waals surface area contributed by atoms with Gasteiger partial charge in [0.2, 0.25) is 10.0 Å². The van der Waals surface area contributed by atoms with Gasteiger partial charge in [0.25, 0.3) is 15.9 Å². The molecule has 8 nitrogen and oxygen atoms in total. The number of sulfonamides is 2. The lowest BCUT2D eigenvalue weighted by Gasteiger charge is -2.23. The zero-order valence-electron chi connectivity index (χ0n) is 22.7. The number of hydrogen-bond donors (Lipinski definition) is 2. The molecule has 0 spiro atoms. The Morgan fingerprint density at radius 3 is 2.02 bits per heavy atom. The molecule has 208 valence electrons. The normalized spacial score (nSPS) is 11.6. The first-order chi connectivity index (χ1) is 18.8. The lowest BCUT2D eigenvalue weighted by atomic mass is 10.1. The van der Waals surface area contributed by atoms with Crippen LogP contribution < -0.4 is 14.3 Å². The first-order valence-electron chi connectivity index (χ1n) is 12.5. The van der Waals surface area contributed by atoms with E-state index in [1.54, 1.807) is 30.3 Å². The summed E-state index contributed by atoms with van der Waals surface area (Å²) < 4.78 is 54.6. The van der Waals surface area contributed by atoms with Crippen LogP contribution >= 0.6 is 0 Å². The van der Waals surface area contributed by atoms with Crippen molar-refractivity contribution >= 4 is 43.0 Å². The number of anilines is 3. The van der Waals surface area contributed by atoms with Crippen molar-refractivity contribution in [1.82, 2.24) is 0 Å². The van der Waals surface area contributed by atoms with Crippen molar-refractivity contribution in [2.24, 2.45) is 0 Å². The third-order valence-corrected chi connectivity index (χ3v) is 8.96. The van der Waals surface area contributed by atoms with E-state index in [4.69, 9.17) is 0 Å². The van der Waals surface area contributed by atoms with Crippen LogP contribution in [0.2, 0.25) is 0 Å². The van der Waals surface area contributed by atoms with Crippen LogP contribution in [0.15, 0.2) is 95.9 Å². The Kier molecular flexibility index (Phi) is 8.32. The van der Waals surface area contributed by atoms with Crippen molar-refractivity contribution in [3.63, 3.8) is 0 Å². The Morgan fingerprint density at radius 2 is 1.43 bits per heavy atom. The van der Waals surface area contributed by atoms with Crippen molar-refractivity contribution in [3.8, 4) is 0 Å². The van der Waals surface area contributed by atoms with E-state index in [1.165, 1.54) is 28.6 Å². The monoisotopic (exact) mass is 577 g/mol. The van der Waals surface area contributed by atoms with Crippen LogP contribution in [0.25, 0.3) is 0 Å². The number of carbonyl (C=O) groups excluding carboxylic acids is 1. The maximum atomic E-state index is 12.8. The second kappa shape index (κ2) is 11.5. The quantitative estimate of drug-likeness (QED) is 0.268. The third-order valence-electron chi connectivity index (χ3n) is 6.44. The number of rotatable bonds is 9. The van der Waals surface area contributed by atoms with Crippen molar-refractivity contribution in [1.29, 1.82) is 0 Å². The molecular formula is C30H31N3O5S2. The van der Waals surface area contributed by atoms with Crippen molar-refractivity contribution in [2.45, 2.75) is 32.2 Å². The highest BCUT2D eigenvalue weighted by atomic mass is 32.2. The summed E-state index contributed by atoms with van der Waals surface area (Å²) in [5.74, 6) is -0.416. The highest BCUT2D eigenvalue weighted by molar-refractivity contribution is 7.92. The number of benzene rings is 4. The molecule has 4 aromatic rings. The Morgan fingerprint density at radius 1 is 0.775 bits per heavy atom. The molecule has 0 fully saturated rings. The van der Waals surface area contributed by atoms with Gasteiger partial charge in [-0.05, 0) is 92.1 Å².